The van der Waals surface area contributed by atoms with Gasteiger partial charge in [0, 0.05) is 12.1 Å². The maximum absolute atomic E-state index is 11.0. The summed E-state index contributed by atoms with van der Waals surface area (Å²) in [7, 11) is 1.43. The topological polar surface area (TPSA) is 81.4 Å². The first-order chi connectivity index (χ1) is 8.38. The lowest BCUT2D eigenvalue weighted by Crippen LogP contribution is -2.38. The van der Waals surface area contributed by atoms with Gasteiger partial charge in [-0.15, -0.1) is 0 Å². The number of aromatic nitrogens is 2. The molecular weight excluding hydrogens is 236 g/mol. The summed E-state index contributed by atoms with van der Waals surface area (Å²) in [5.74, 6) is 0.289. The number of hydrogen-bond donors (Lipinski definition) is 0. The van der Waals surface area contributed by atoms with Crippen LogP contribution in [0.1, 0.15) is 27.7 Å². The molecule has 1 rings (SSSR count). The number of nitro groups is 1. The standard InChI is InChI=1S/C11H18N4O3/c1-7(2)14(8(3)4)10-9(15(16)17)6-12-11(13-10)18-5/h6-8H,1-5H3. The molecule has 0 saturated heterocycles. The lowest BCUT2D eigenvalue weighted by atomic mass is 10.2. The van der Waals surface area contributed by atoms with E-state index in [1.54, 1.807) is 0 Å². The van der Waals surface area contributed by atoms with Gasteiger partial charge in [-0.25, -0.2) is 0 Å². The molecule has 1 aromatic heterocycles. The van der Waals surface area contributed by atoms with Crippen LogP contribution < -0.4 is 9.64 Å². The van der Waals surface area contributed by atoms with E-state index in [0.717, 1.165) is 0 Å². The second-order valence-electron chi connectivity index (χ2n) is 4.42. The van der Waals surface area contributed by atoms with Crippen molar-refractivity contribution in [1.29, 1.82) is 0 Å². The Morgan fingerprint density at radius 3 is 2.28 bits per heavy atom. The first-order valence-electron chi connectivity index (χ1n) is 5.72. The summed E-state index contributed by atoms with van der Waals surface area (Å²) in [6.07, 6.45) is 1.18. The number of anilines is 1. The van der Waals surface area contributed by atoms with E-state index in [2.05, 4.69) is 9.97 Å². The molecule has 1 heterocycles. The number of nitrogens with zero attached hydrogens (tertiary/aromatic N) is 4. The van der Waals surface area contributed by atoms with Crippen LogP contribution in [0.25, 0.3) is 0 Å². The summed E-state index contributed by atoms with van der Waals surface area (Å²) < 4.78 is 4.93. The summed E-state index contributed by atoms with van der Waals surface area (Å²) in [5.41, 5.74) is -0.113. The van der Waals surface area contributed by atoms with Crippen LogP contribution in [0.3, 0.4) is 0 Å². The Morgan fingerprint density at radius 1 is 1.33 bits per heavy atom. The zero-order valence-electron chi connectivity index (χ0n) is 11.2. The Hall–Kier alpha value is -1.92. The third kappa shape index (κ3) is 2.85. The van der Waals surface area contributed by atoms with Gasteiger partial charge in [0.05, 0.1) is 12.0 Å². The molecule has 0 aliphatic heterocycles. The molecule has 0 spiro atoms. The summed E-state index contributed by atoms with van der Waals surface area (Å²) in [5, 5.41) is 11.0. The molecule has 0 aliphatic carbocycles. The number of methoxy groups -OCH3 is 1. The second-order valence-corrected chi connectivity index (χ2v) is 4.42. The SMILES string of the molecule is COc1ncc([N+](=O)[O-])c(N(C(C)C)C(C)C)n1. The minimum atomic E-state index is -0.480. The van der Waals surface area contributed by atoms with Crippen LogP contribution in [0.2, 0.25) is 0 Å². The van der Waals surface area contributed by atoms with Gasteiger partial charge >= 0.3 is 11.7 Å². The van der Waals surface area contributed by atoms with Crippen LogP contribution in [0.15, 0.2) is 6.20 Å². The molecule has 0 amide bonds. The quantitative estimate of drug-likeness (QED) is 0.590. The van der Waals surface area contributed by atoms with Crippen LogP contribution in [0.4, 0.5) is 11.5 Å². The monoisotopic (exact) mass is 254 g/mol. The van der Waals surface area contributed by atoms with E-state index in [0.29, 0.717) is 0 Å². The maximum atomic E-state index is 11.0. The van der Waals surface area contributed by atoms with E-state index >= 15 is 0 Å². The predicted molar refractivity (Wildman–Crippen MR) is 68.0 cm³/mol. The van der Waals surface area contributed by atoms with E-state index in [-0.39, 0.29) is 29.6 Å². The van der Waals surface area contributed by atoms with E-state index < -0.39 is 4.92 Å². The van der Waals surface area contributed by atoms with Crippen molar-refractivity contribution in [3.8, 4) is 6.01 Å². The molecule has 7 heteroatoms. The van der Waals surface area contributed by atoms with Crippen LogP contribution in [-0.4, -0.2) is 34.1 Å². The Kier molecular flexibility index (Phi) is 4.41. The normalized spacial score (nSPS) is 10.8. The summed E-state index contributed by atoms with van der Waals surface area (Å²) in [6, 6.07) is 0.300. The maximum Gasteiger partial charge on any atom is 0.329 e. The van der Waals surface area contributed by atoms with Crippen molar-refractivity contribution in [2.75, 3.05) is 12.0 Å². The average molecular weight is 254 g/mol. The summed E-state index contributed by atoms with van der Waals surface area (Å²) in [6.45, 7) is 7.83. The van der Waals surface area contributed by atoms with E-state index in [1.165, 1.54) is 13.3 Å². The molecule has 7 nitrogen and oxygen atoms in total. The Balaban J connectivity index is 3.37. The Labute approximate surface area is 106 Å². The zero-order valence-corrected chi connectivity index (χ0v) is 11.2. The van der Waals surface area contributed by atoms with Crippen molar-refractivity contribution in [3.05, 3.63) is 16.3 Å². The third-order valence-corrected chi connectivity index (χ3v) is 2.46. The van der Waals surface area contributed by atoms with Crippen molar-refractivity contribution in [2.45, 2.75) is 39.8 Å². The van der Waals surface area contributed by atoms with Crippen LogP contribution in [0.5, 0.6) is 6.01 Å². The van der Waals surface area contributed by atoms with Crippen LogP contribution in [-0.2, 0) is 0 Å². The molecule has 0 unspecified atom stereocenters. The Morgan fingerprint density at radius 2 is 1.89 bits per heavy atom. The number of rotatable bonds is 5. The van der Waals surface area contributed by atoms with Gasteiger partial charge in [0.25, 0.3) is 0 Å². The zero-order chi connectivity index (χ0) is 13.9. The van der Waals surface area contributed by atoms with Crippen molar-refractivity contribution >= 4 is 11.5 Å². The molecule has 0 aromatic carbocycles. The second kappa shape index (κ2) is 5.61. The summed E-state index contributed by atoms with van der Waals surface area (Å²) in [4.78, 5) is 20.3. The predicted octanol–water partition coefficient (Wildman–Crippen LogP) is 2.02. The van der Waals surface area contributed by atoms with Gasteiger partial charge in [-0.3, -0.25) is 10.1 Å². The fraction of sp³-hybridized carbons (Fsp3) is 0.636. The molecule has 100 valence electrons. The fourth-order valence-corrected chi connectivity index (χ4v) is 1.85. The highest BCUT2D eigenvalue weighted by Crippen LogP contribution is 2.29. The van der Waals surface area contributed by atoms with Gasteiger partial charge in [-0.1, -0.05) is 0 Å². The van der Waals surface area contributed by atoms with Gasteiger partial charge in [0.15, 0.2) is 0 Å². The van der Waals surface area contributed by atoms with Gasteiger partial charge in [0.2, 0.25) is 5.82 Å². The molecule has 0 radical (unpaired) electrons. The first kappa shape index (κ1) is 14.1. The van der Waals surface area contributed by atoms with E-state index in [1.807, 2.05) is 32.6 Å². The Bertz CT molecular complexity index is 426. The van der Waals surface area contributed by atoms with Crippen LogP contribution >= 0.6 is 0 Å². The van der Waals surface area contributed by atoms with Gasteiger partial charge < -0.3 is 9.64 Å². The molecule has 0 fully saturated rings. The third-order valence-electron chi connectivity index (χ3n) is 2.46. The molecule has 0 atom stereocenters. The average Bonchev–Trinajstić information content (AvgIpc) is 2.27. The van der Waals surface area contributed by atoms with Crippen molar-refractivity contribution in [2.24, 2.45) is 0 Å². The molecule has 0 bridgehead atoms. The molecule has 0 N–H and O–H groups in total. The lowest BCUT2D eigenvalue weighted by molar-refractivity contribution is -0.384. The molecule has 0 aliphatic rings. The smallest absolute Gasteiger partial charge is 0.329 e. The van der Waals surface area contributed by atoms with Gasteiger partial charge in [-0.05, 0) is 27.7 Å². The van der Waals surface area contributed by atoms with Crippen LogP contribution in [0, 0.1) is 10.1 Å². The lowest BCUT2D eigenvalue weighted by Gasteiger charge is -2.31. The highest BCUT2D eigenvalue weighted by molar-refractivity contribution is 5.58. The van der Waals surface area contributed by atoms with E-state index in [9.17, 15) is 10.1 Å². The number of hydrogen-bond acceptors (Lipinski definition) is 6. The van der Waals surface area contributed by atoms with Gasteiger partial charge in [-0.2, -0.15) is 9.97 Å². The minimum Gasteiger partial charge on any atom is -0.467 e. The van der Waals surface area contributed by atoms with Crippen molar-refractivity contribution in [1.82, 2.24) is 9.97 Å². The van der Waals surface area contributed by atoms with Gasteiger partial charge in [0.1, 0.15) is 6.20 Å². The van der Waals surface area contributed by atoms with E-state index in [4.69, 9.17) is 4.74 Å². The number of ether oxygens (including phenoxy) is 1. The first-order valence-corrected chi connectivity index (χ1v) is 5.72. The molecule has 18 heavy (non-hydrogen) atoms. The molecule has 0 saturated carbocycles. The largest absolute Gasteiger partial charge is 0.467 e. The fourth-order valence-electron chi connectivity index (χ4n) is 1.85. The molecule has 1 aromatic rings. The highest BCUT2D eigenvalue weighted by atomic mass is 16.6. The molecular formula is C11H18N4O3. The van der Waals surface area contributed by atoms with Crippen molar-refractivity contribution < 1.29 is 9.66 Å². The van der Waals surface area contributed by atoms with Crippen molar-refractivity contribution in [3.63, 3.8) is 0 Å². The highest BCUT2D eigenvalue weighted by Gasteiger charge is 2.26. The summed E-state index contributed by atoms with van der Waals surface area (Å²) >= 11 is 0. The minimum absolute atomic E-state index is 0.0864.